The first-order chi connectivity index (χ1) is 13.1. The van der Waals surface area contributed by atoms with Gasteiger partial charge in [0, 0.05) is 31.6 Å². The average Bonchev–Trinajstić information content (AvgIpc) is 3.19. The van der Waals surface area contributed by atoms with E-state index in [2.05, 4.69) is 16.0 Å². The fourth-order valence-corrected chi connectivity index (χ4v) is 2.44. The summed E-state index contributed by atoms with van der Waals surface area (Å²) in [6.07, 6.45) is 3.56. The van der Waals surface area contributed by atoms with Crippen molar-refractivity contribution in [1.29, 1.82) is 0 Å². The number of amides is 3. The molecule has 144 valence electrons. The van der Waals surface area contributed by atoms with Crippen molar-refractivity contribution in [2.45, 2.75) is 39.2 Å². The van der Waals surface area contributed by atoms with Gasteiger partial charge in [-0.15, -0.1) is 0 Å². The molecule has 7 heteroatoms. The molecule has 1 heterocycles. The van der Waals surface area contributed by atoms with Crippen molar-refractivity contribution in [3.8, 4) is 0 Å². The molecule has 3 N–H and O–H groups in total. The molecule has 0 saturated carbocycles. The highest BCUT2D eigenvalue weighted by Crippen LogP contribution is 2.11. The lowest BCUT2D eigenvalue weighted by Crippen LogP contribution is -2.27. The highest BCUT2D eigenvalue weighted by Gasteiger charge is 2.08. The maximum atomic E-state index is 11.9. The minimum absolute atomic E-state index is 0.0183. The molecule has 0 spiro atoms. The molecule has 0 bridgehead atoms. The van der Waals surface area contributed by atoms with Crippen LogP contribution in [0.25, 0.3) is 0 Å². The van der Waals surface area contributed by atoms with Gasteiger partial charge in [-0.3, -0.25) is 14.4 Å². The number of furan rings is 1. The van der Waals surface area contributed by atoms with Crippen LogP contribution < -0.4 is 16.0 Å². The summed E-state index contributed by atoms with van der Waals surface area (Å²) in [5.74, 6) is -0.148. The quantitative estimate of drug-likeness (QED) is 0.559. The average molecular weight is 371 g/mol. The molecule has 2 rings (SSSR count). The van der Waals surface area contributed by atoms with Crippen LogP contribution in [0.2, 0.25) is 0 Å². The number of hydrogen-bond donors (Lipinski definition) is 3. The number of carbonyl (C=O) groups excluding carboxylic acids is 3. The Morgan fingerprint density at radius 3 is 2.59 bits per heavy atom. The number of nitrogens with one attached hydrogen (secondary N) is 3. The Labute approximate surface area is 158 Å². The summed E-state index contributed by atoms with van der Waals surface area (Å²) in [6, 6.07) is 10.6. The summed E-state index contributed by atoms with van der Waals surface area (Å²) >= 11 is 0. The predicted octanol–water partition coefficient (Wildman–Crippen LogP) is 2.84. The Bertz CT molecular complexity index is 756. The first kappa shape index (κ1) is 20.2. The van der Waals surface area contributed by atoms with E-state index >= 15 is 0 Å². The summed E-state index contributed by atoms with van der Waals surface area (Å²) in [7, 11) is 0. The summed E-state index contributed by atoms with van der Waals surface area (Å²) in [4.78, 5) is 35.2. The lowest BCUT2D eigenvalue weighted by Gasteiger charge is -2.09. The number of benzene rings is 1. The SMILES string of the molecule is CCCC(=O)Nc1cccc(CNC(=O)CCCNC(=O)c2ccco2)c1. The zero-order valence-corrected chi connectivity index (χ0v) is 15.4. The number of rotatable bonds is 10. The van der Waals surface area contributed by atoms with Crippen LogP contribution >= 0.6 is 0 Å². The Balaban J connectivity index is 1.66. The standard InChI is InChI=1S/C20H25N3O4/c1-2-6-19(25)23-16-8-3-7-15(13-16)14-22-18(24)10-4-11-21-20(26)17-9-5-12-27-17/h3,5,7-9,12-13H,2,4,6,10-11,14H2,1H3,(H,21,26)(H,22,24)(H,23,25). The van der Waals surface area contributed by atoms with Crippen molar-refractivity contribution < 1.29 is 18.8 Å². The van der Waals surface area contributed by atoms with E-state index in [1.54, 1.807) is 12.1 Å². The molecule has 0 aliphatic carbocycles. The lowest BCUT2D eigenvalue weighted by atomic mass is 10.2. The van der Waals surface area contributed by atoms with Crippen LogP contribution in [0.1, 0.15) is 48.7 Å². The normalized spacial score (nSPS) is 10.3. The van der Waals surface area contributed by atoms with Gasteiger partial charge in [0.05, 0.1) is 6.26 Å². The van der Waals surface area contributed by atoms with Gasteiger partial charge in [-0.1, -0.05) is 19.1 Å². The van der Waals surface area contributed by atoms with Crippen LogP contribution in [0.3, 0.4) is 0 Å². The zero-order valence-electron chi connectivity index (χ0n) is 15.4. The van der Waals surface area contributed by atoms with Gasteiger partial charge in [-0.25, -0.2) is 0 Å². The summed E-state index contributed by atoms with van der Waals surface area (Å²) < 4.78 is 4.99. The van der Waals surface area contributed by atoms with Gasteiger partial charge in [0.15, 0.2) is 5.76 Å². The second-order valence-electron chi connectivity index (χ2n) is 6.11. The van der Waals surface area contributed by atoms with Gasteiger partial charge in [0.2, 0.25) is 11.8 Å². The van der Waals surface area contributed by atoms with Crippen LogP contribution in [0.4, 0.5) is 5.69 Å². The van der Waals surface area contributed by atoms with Gasteiger partial charge in [0.1, 0.15) is 0 Å². The number of carbonyl (C=O) groups is 3. The van der Waals surface area contributed by atoms with Crippen molar-refractivity contribution >= 4 is 23.4 Å². The maximum Gasteiger partial charge on any atom is 0.286 e. The maximum absolute atomic E-state index is 11.9. The number of anilines is 1. The molecule has 1 aromatic carbocycles. The molecule has 27 heavy (non-hydrogen) atoms. The van der Waals surface area contributed by atoms with E-state index in [1.807, 2.05) is 31.2 Å². The van der Waals surface area contributed by atoms with Crippen molar-refractivity contribution in [1.82, 2.24) is 10.6 Å². The molecule has 0 atom stereocenters. The molecule has 0 unspecified atom stereocenters. The first-order valence-corrected chi connectivity index (χ1v) is 9.05. The van der Waals surface area contributed by atoms with E-state index in [1.165, 1.54) is 6.26 Å². The fourth-order valence-electron chi connectivity index (χ4n) is 2.44. The van der Waals surface area contributed by atoms with E-state index in [-0.39, 0.29) is 23.5 Å². The molecule has 1 aromatic heterocycles. The first-order valence-electron chi connectivity index (χ1n) is 9.05. The number of hydrogen-bond acceptors (Lipinski definition) is 4. The molecular formula is C20H25N3O4. The minimum atomic E-state index is -0.289. The smallest absolute Gasteiger partial charge is 0.286 e. The summed E-state index contributed by atoms with van der Waals surface area (Å²) in [5.41, 5.74) is 1.63. The molecule has 0 aliphatic rings. The second kappa shape index (κ2) is 10.8. The van der Waals surface area contributed by atoms with E-state index < -0.39 is 0 Å². The highest BCUT2D eigenvalue weighted by atomic mass is 16.3. The Morgan fingerprint density at radius 1 is 1.00 bits per heavy atom. The Hall–Kier alpha value is -3.09. The zero-order chi connectivity index (χ0) is 19.5. The largest absolute Gasteiger partial charge is 0.459 e. The molecule has 3 amide bonds. The summed E-state index contributed by atoms with van der Waals surface area (Å²) in [6.45, 7) is 2.73. The van der Waals surface area contributed by atoms with Crippen molar-refractivity contribution in [2.24, 2.45) is 0 Å². The lowest BCUT2D eigenvalue weighted by molar-refractivity contribution is -0.121. The molecule has 0 aliphatic heterocycles. The molecule has 7 nitrogen and oxygen atoms in total. The minimum Gasteiger partial charge on any atom is -0.459 e. The van der Waals surface area contributed by atoms with E-state index in [0.29, 0.717) is 32.4 Å². The van der Waals surface area contributed by atoms with Gasteiger partial charge in [-0.05, 0) is 42.7 Å². The van der Waals surface area contributed by atoms with Crippen molar-refractivity contribution in [2.75, 3.05) is 11.9 Å². The predicted molar refractivity (Wildman–Crippen MR) is 102 cm³/mol. The third kappa shape index (κ3) is 7.35. The third-order valence-corrected chi connectivity index (χ3v) is 3.79. The fraction of sp³-hybridized carbons (Fsp3) is 0.350. The van der Waals surface area contributed by atoms with Crippen LogP contribution in [-0.4, -0.2) is 24.3 Å². The van der Waals surface area contributed by atoms with E-state index in [4.69, 9.17) is 4.42 Å². The molecular weight excluding hydrogens is 346 g/mol. The third-order valence-electron chi connectivity index (χ3n) is 3.79. The molecule has 0 radical (unpaired) electrons. The van der Waals surface area contributed by atoms with Gasteiger partial charge in [-0.2, -0.15) is 0 Å². The van der Waals surface area contributed by atoms with Crippen LogP contribution in [0.15, 0.2) is 47.1 Å². The van der Waals surface area contributed by atoms with Crippen LogP contribution in [-0.2, 0) is 16.1 Å². The topological polar surface area (TPSA) is 100 Å². The highest BCUT2D eigenvalue weighted by molar-refractivity contribution is 5.91. The molecule has 2 aromatic rings. The monoisotopic (exact) mass is 371 g/mol. The van der Waals surface area contributed by atoms with E-state index in [0.717, 1.165) is 17.7 Å². The Morgan fingerprint density at radius 2 is 1.85 bits per heavy atom. The van der Waals surface area contributed by atoms with Gasteiger partial charge >= 0.3 is 0 Å². The van der Waals surface area contributed by atoms with Crippen molar-refractivity contribution in [3.05, 3.63) is 54.0 Å². The van der Waals surface area contributed by atoms with Crippen molar-refractivity contribution in [3.63, 3.8) is 0 Å². The van der Waals surface area contributed by atoms with Gasteiger partial charge < -0.3 is 20.4 Å². The molecule has 0 fully saturated rings. The van der Waals surface area contributed by atoms with E-state index in [9.17, 15) is 14.4 Å². The summed E-state index contributed by atoms with van der Waals surface area (Å²) in [5, 5.41) is 8.37. The second-order valence-corrected chi connectivity index (χ2v) is 6.11. The van der Waals surface area contributed by atoms with Crippen LogP contribution in [0.5, 0.6) is 0 Å². The van der Waals surface area contributed by atoms with Crippen LogP contribution in [0, 0.1) is 0 Å². The Kier molecular flexibility index (Phi) is 8.09. The van der Waals surface area contributed by atoms with Gasteiger partial charge in [0.25, 0.3) is 5.91 Å². The molecule has 0 saturated heterocycles.